The van der Waals surface area contributed by atoms with Gasteiger partial charge in [0.15, 0.2) is 0 Å². The molecule has 0 aliphatic rings. The minimum atomic E-state index is 0.222. The fourth-order valence-electron chi connectivity index (χ4n) is 1.79. The van der Waals surface area contributed by atoms with Crippen LogP contribution in [-0.4, -0.2) is 0 Å². The summed E-state index contributed by atoms with van der Waals surface area (Å²) in [4.78, 5) is 1.36. The van der Waals surface area contributed by atoms with Gasteiger partial charge in [-0.3, -0.25) is 0 Å². The Bertz CT molecular complexity index is 473. The van der Waals surface area contributed by atoms with Gasteiger partial charge in [-0.2, -0.15) is 0 Å². The molecule has 84 valence electrons. The molecule has 1 aromatic carbocycles. The summed E-state index contributed by atoms with van der Waals surface area (Å²) in [5.74, 6) is 0. The van der Waals surface area contributed by atoms with Gasteiger partial charge in [0.25, 0.3) is 0 Å². The predicted molar refractivity (Wildman–Crippen MR) is 73.2 cm³/mol. The number of benzene rings is 1. The highest BCUT2D eigenvalue weighted by Crippen LogP contribution is 2.32. The van der Waals surface area contributed by atoms with Crippen LogP contribution < -0.4 is 0 Å². The lowest BCUT2D eigenvalue weighted by Crippen LogP contribution is -2.11. The Balaban J connectivity index is 2.54. The molecule has 0 N–H and O–H groups in total. The number of rotatable bonds is 1. The van der Waals surface area contributed by atoms with Crippen molar-refractivity contribution in [3.05, 3.63) is 46.8 Å². The first-order chi connectivity index (χ1) is 7.48. The quantitative estimate of drug-likeness (QED) is 0.645. The van der Waals surface area contributed by atoms with Gasteiger partial charge in [0.1, 0.15) is 0 Å². The smallest absolute Gasteiger partial charge is 0.0345 e. The highest BCUT2D eigenvalue weighted by molar-refractivity contribution is 7.13. The SMILES string of the molecule is Cc1ccc(C(C)(C)C)cc1-c1cccs1. The zero-order valence-electron chi connectivity index (χ0n) is 10.4. The maximum Gasteiger partial charge on any atom is 0.0345 e. The van der Waals surface area contributed by atoms with E-state index in [0.717, 1.165) is 0 Å². The Morgan fingerprint density at radius 1 is 1.06 bits per heavy atom. The molecule has 1 heteroatoms. The molecule has 0 unspecified atom stereocenters. The van der Waals surface area contributed by atoms with Gasteiger partial charge in [-0.05, 0) is 46.5 Å². The number of hydrogen-bond acceptors (Lipinski definition) is 1. The van der Waals surface area contributed by atoms with E-state index in [4.69, 9.17) is 0 Å². The topological polar surface area (TPSA) is 0 Å². The highest BCUT2D eigenvalue weighted by Gasteiger charge is 2.15. The number of hydrogen-bond donors (Lipinski definition) is 0. The first-order valence-electron chi connectivity index (χ1n) is 5.63. The van der Waals surface area contributed by atoms with Crippen molar-refractivity contribution in [2.45, 2.75) is 33.1 Å². The van der Waals surface area contributed by atoms with Crippen molar-refractivity contribution < 1.29 is 0 Å². The van der Waals surface area contributed by atoms with E-state index in [-0.39, 0.29) is 5.41 Å². The van der Waals surface area contributed by atoms with E-state index in [9.17, 15) is 0 Å². The zero-order chi connectivity index (χ0) is 11.8. The molecule has 0 amide bonds. The van der Waals surface area contributed by atoms with Crippen molar-refractivity contribution in [2.75, 3.05) is 0 Å². The molecule has 0 aliphatic heterocycles. The summed E-state index contributed by atoms with van der Waals surface area (Å²) < 4.78 is 0. The molecule has 2 aromatic rings. The lowest BCUT2D eigenvalue weighted by Gasteiger charge is -2.20. The number of aryl methyl sites for hydroxylation is 1. The van der Waals surface area contributed by atoms with E-state index >= 15 is 0 Å². The summed E-state index contributed by atoms with van der Waals surface area (Å²) >= 11 is 1.81. The maximum absolute atomic E-state index is 2.33. The van der Waals surface area contributed by atoms with Crippen LogP contribution in [-0.2, 0) is 5.41 Å². The van der Waals surface area contributed by atoms with Crippen molar-refractivity contribution >= 4 is 11.3 Å². The van der Waals surface area contributed by atoms with Crippen LogP contribution in [0.2, 0.25) is 0 Å². The molecular formula is C15H18S. The maximum atomic E-state index is 2.33. The monoisotopic (exact) mass is 230 g/mol. The van der Waals surface area contributed by atoms with Crippen LogP contribution in [0.3, 0.4) is 0 Å². The summed E-state index contributed by atoms with van der Waals surface area (Å²) in [7, 11) is 0. The molecule has 16 heavy (non-hydrogen) atoms. The Kier molecular flexibility index (Phi) is 2.90. The first-order valence-corrected chi connectivity index (χ1v) is 6.51. The van der Waals surface area contributed by atoms with Gasteiger partial charge in [-0.1, -0.05) is 39.0 Å². The second kappa shape index (κ2) is 4.06. The second-order valence-electron chi connectivity index (χ2n) is 5.26. The minimum Gasteiger partial charge on any atom is -0.144 e. The van der Waals surface area contributed by atoms with Crippen LogP contribution in [0.5, 0.6) is 0 Å². The van der Waals surface area contributed by atoms with E-state index in [1.807, 2.05) is 11.3 Å². The molecule has 0 aliphatic carbocycles. The largest absolute Gasteiger partial charge is 0.144 e. The van der Waals surface area contributed by atoms with Crippen molar-refractivity contribution in [3.63, 3.8) is 0 Å². The van der Waals surface area contributed by atoms with Gasteiger partial charge in [0.2, 0.25) is 0 Å². The minimum absolute atomic E-state index is 0.222. The molecule has 0 bridgehead atoms. The first kappa shape index (κ1) is 11.4. The van der Waals surface area contributed by atoms with Crippen LogP contribution in [0, 0.1) is 6.92 Å². The summed E-state index contributed by atoms with van der Waals surface area (Å²) in [6, 6.07) is 11.1. The Morgan fingerprint density at radius 3 is 2.38 bits per heavy atom. The molecule has 0 nitrogen and oxygen atoms in total. The lowest BCUT2D eigenvalue weighted by atomic mass is 9.85. The van der Waals surface area contributed by atoms with Gasteiger partial charge in [0, 0.05) is 4.88 Å². The van der Waals surface area contributed by atoms with E-state index < -0.39 is 0 Å². The molecule has 1 heterocycles. The lowest BCUT2D eigenvalue weighted by molar-refractivity contribution is 0.590. The summed E-state index contributed by atoms with van der Waals surface area (Å²) in [5.41, 5.74) is 4.36. The third kappa shape index (κ3) is 2.19. The summed E-state index contributed by atoms with van der Waals surface area (Å²) in [6.07, 6.45) is 0. The molecule has 0 atom stereocenters. The third-order valence-corrected chi connectivity index (χ3v) is 3.79. The van der Waals surface area contributed by atoms with Crippen molar-refractivity contribution in [1.82, 2.24) is 0 Å². The Hall–Kier alpha value is -1.08. The van der Waals surface area contributed by atoms with Crippen molar-refractivity contribution in [1.29, 1.82) is 0 Å². The van der Waals surface area contributed by atoms with Gasteiger partial charge < -0.3 is 0 Å². The van der Waals surface area contributed by atoms with Crippen LogP contribution in [0.4, 0.5) is 0 Å². The van der Waals surface area contributed by atoms with Gasteiger partial charge >= 0.3 is 0 Å². The third-order valence-electron chi connectivity index (χ3n) is 2.89. The van der Waals surface area contributed by atoms with Gasteiger partial charge in [-0.25, -0.2) is 0 Å². The predicted octanol–water partition coefficient (Wildman–Crippen LogP) is 5.02. The molecule has 0 saturated heterocycles. The van der Waals surface area contributed by atoms with E-state index in [1.165, 1.54) is 21.6 Å². The molecule has 0 saturated carbocycles. The molecule has 0 fully saturated rings. The average Bonchev–Trinajstić information content (AvgIpc) is 2.69. The molecular weight excluding hydrogens is 212 g/mol. The molecule has 0 radical (unpaired) electrons. The Morgan fingerprint density at radius 2 is 1.81 bits per heavy atom. The molecule has 2 rings (SSSR count). The van der Waals surface area contributed by atoms with E-state index in [1.54, 1.807) is 0 Å². The van der Waals surface area contributed by atoms with Crippen molar-refractivity contribution in [3.8, 4) is 10.4 Å². The van der Waals surface area contributed by atoms with Gasteiger partial charge in [-0.15, -0.1) is 11.3 Å². The fraction of sp³-hybridized carbons (Fsp3) is 0.333. The average molecular weight is 230 g/mol. The van der Waals surface area contributed by atoms with Crippen LogP contribution in [0.25, 0.3) is 10.4 Å². The normalized spacial score (nSPS) is 11.8. The fourth-order valence-corrected chi connectivity index (χ4v) is 2.59. The highest BCUT2D eigenvalue weighted by atomic mass is 32.1. The van der Waals surface area contributed by atoms with E-state index in [0.29, 0.717) is 0 Å². The standard InChI is InChI=1S/C15H18S/c1-11-7-8-12(15(2,3)4)10-13(11)14-6-5-9-16-14/h5-10H,1-4H3. The van der Waals surface area contributed by atoms with E-state index in [2.05, 4.69) is 63.4 Å². The molecule has 0 spiro atoms. The van der Waals surface area contributed by atoms with Crippen LogP contribution in [0.15, 0.2) is 35.7 Å². The van der Waals surface area contributed by atoms with Crippen LogP contribution >= 0.6 is 11.3 Å². The zero-order valence-corrected chi connectivity index (χ0v) is 11.2. The summed E-state index contributed by atoms with van der Waals surface area (Å²) in [5, 5.41) is 2.14. The Labute approximate surface area is 102 Å². The van der Waals surface area contributed by atoms with Crippen molar-refractivity contribution in [2.24, 2.45) is 0 Å². The molecule has 1 aromatic heterocycles. The second-order valence-corrected chi connectivity index (χ2v) is 6.20. The van der Waals surface area contributed by atoms with Gasteiger partial charge in [0.05, 0.1) is 0 Å². The number of thiophene rings is 1. The summed E-state index contributed by atoms with van der Waals surface area (Å²) in [6.45, 7) is 8.96. The van der Waals surface area contributed by atoms with Crippen LogP contribution in [0.1, 0.15) is 31.9 Å².